The van der Waals surface area contributed by atoms with Gasteiger partial charge in [-0.2, -0.15) is 0 Å². The number of halogens is 1. The first-order valence-corrected chi connectivity index (χ1v) is 6.41. The Labute approximate surface area is 105 Å². The molecule has 1 aromatic carbocycles. The minimum absolute atomic E-state index is 0.712. The molecule has 0 N–H and O–H groups in total. The number of benzene rings is 1. The summed E-state index contributed by atoms with van der Waals surface area (Å²) in [6.45, 7) is 2.34. The maximum Gasteiger partial charge on any atom is 0.0367 e. The maximum absolute atomic E-state index is 2.47. The Morgan fingerprint density at radius 2 is 1.93 bits per heavy atom. The molecule has 0 aromatic heterocycles. The Morgan fingerprint density at radius 3 is 2.47 bits per heavy atom. The van der Waals surface area contributed by atoms with Crippen LogP contribution in [0.25, 0.3) is 0 Å². The Morgan fingerprint density at radius 1 is 1.27 bits per heavy atom. The maximum atomic E-state index is 2.47. The highest BCUT2D eigenvalue weighted by Crippen LogP contribution is 2.22. The van der Waals surface area contributed by atoms with Crippen LogP contribution in [-0.2, 0) is 0 Å². The van der Waals surface area contributed by atoms with E-state index in [4.69, 9.17) is 0 Å². The lowest BCUT2D eigenvalue weighted by atomic mass is 10.2. The highest BCUT2D eigenvalue weighted by Gasteiger charge is 2.23. The van der Waals surface area contributed by atoms with Crippen molar-refractivity contribution >= 4 is 28.3 Å². The van der Waals surface area contributed by atoms with Crippen LogP contribution in [0, 0.1) is 3.57 Å². The van der Waals surface area contributed by atoms with Crippen LogP contribution >= 0.6 is 22.6 Å². The number of anilines is 1. The smallest absolute Gasteiger partial charge is 0.0367 e. The van der Waals surface area contributed by atoms with Gasteiger partial charge in [-0.25, -0.2) is 0 Å². The molecule has 1 atom stereocenters. The average Bonchev–Trinajstić information content (AvgIpc) is 2.68. The number of hydrogen-bond acceptors (Lipinski definition) is 2. The van der Waals surface area contributed by atoms with E-state index in [2.05, 4.69) is 70.8 Å². The SMILES string of the molecule is CN(C)[C@H]1CCN(c2ccc(I)cc2)C1. The molecule has 3 heteroatoms. The molecule has 15 heavy (non-hydrogen) atoms. The molecule has 0 radical (unpaired) electrons. The van der Waals surface area contributed by atoms with E-state index in [1.54, 1.807) is 0 Å². The molecule has 1 aliphatic rings. The second-order valence-corrected chi connectivity index (χ2v) is 5.57. The third-order valence-electron chi connectivity index (χ3n) is 3.09. The van der Waals surface area contributed by atoms with E-state index in [0.29, 0.717) is 6.04 Å². The van der Waals surface area contributed by atoms with Gasteiger partial charge in [0.15, 0.2) is 0 Å². The van der Waals surface area contributed by atoms with Crippen molar-refractivity contribution in [1.29, 1.82) is 0 Å². The average molecular weight is 316 g/mol. The van der Waals surface area contributed by atoms with Crippen molar-refractivity contribution in [2.75, 3.05) is 32.1 Å². The van der Waals surface area contributed by atoms with Gasteiger partial charge >= 0.3 is 0 Å². The van der Waals surface area contributed by atoms with Crippen molar-refractivity contribution in [3.05, 3.63) is 27.8 Å². The first-order valence-electron chi connectivity index (χ1n) is 5.34. The van der Waals surface area contributed by atoms with Crippen molar-refractivity contribution in [2.45, 2.75) is 12.5 Å². The normalized spacial score (nSPS) is 21.3. The minimum Gasteiger partial charge on any atom is -0.370 e. The van der Waals surface area contributed by atoms with Crippen molar-refractivity contribution in [3.63, 3.8) is 0 Å². The molecule has 1 heterocycles. The second-order valence-electron chi connectivity index (χ2n) is 4.33. The number of hydrogen-bond donors (Lipinski definition) is 0. The molecule has 1 aliphatic heterocycles. The Hall–Kier alpha value is -0.290. The summed E-state index contributed by atoms with van der Waals surface area (Å²) in [6, 6.07) is 9.52. The Balaban J connectivity index is 2.04. The van der Waals surface area contributed by atoms with Gasteiger partial charge in [0.25, 0.3) is 0 Å². The van der Waals surface area contributed by atoms with Gasteiger partial charge in [0, 0.05) is 28.4 Å². The third-order valence-corrected chi connectivity index (χ3v) is 3.80. The summed E-state index contributed by atoms with van der Waals surface area (Å²) in [6.07, 6.45) is 1.28. The van der Waals surface area contributed by atoms with Crippen LogP contribution in [0.2, 0.25) is 0 Å². The quantitative estimate of drug-likeness (QED) is 0.773. The first kappa shape index (κ1) is 11.2. The highest BCUT2D eigenvalue weighted by molar-refractivity contribution is 14.1. The molecule has 0 spiro atoms. The molecule has 1 aromatic rings. The molecule has 1 saturated heterocycles. The van der Waals surface area contributed by atoms with Gasteiger partial charge < -0.3 is 9.80 Å². The monoisotopic (exact) mass is 316 g/mol. The van der Waals surface area contributed by atoms with Gasteiger partial charge in [-0.15, -0.1) is 0 Å². The van der Waals surface area contributed by atoms with Crippen molar-refractivity contribution in [1.82, 2.24) is 4.90 Å². The van der Waals surface area contributed by atoms with Crippen LogP contribution in [0.4, 0.5) is 5.69 Å². The zero-order valence-corrected chi connectivity index (χ0v) is 11.4. The fraction of sp³-hybridized carbons (Fsp3) is 0.500. The molecule has 0 bridgehead atoms. The zero-order chi connectivity index (χ0) is 10.8. The van der Waals surface area contributed by atoms with Gasteiger partial charge in [0.05, 0.1) is 0 Å². The molecule has 0 saturated carbocycles. The second kappa shape index (κ2) is 4.70. The molecular weight excluding hydrogens is 299 g/mol. The molecular formula is C12H17IN2. The van der Waals surface area contributed by atoms with E-state index in [9.17, 15) is 0 Å². The Kier molecular flexibility index (Phi) is 3.51. The zero-order valence-electron chi connectivity index (χ0n) is 9.28. The Bertz CT molecular complexity index is 321. The van der Waals surface area contributed by atoms with Gasteiger partial charge in [0.2, 0.25) is 0 Å². The van der Waals surface area contributed by atoms with Crippen LogP contribution in [0.5, 0.6) is 0 Å². The van der Waals surface area contributed by atoms with Crippen LogP contribution in [-0.4, -0.2) is 38.1 Å². The number of nitrogens with zero attached hydrogens (tertiary/aromatic N) is 2. The summed E-state index contributed by atoms with van der Waals surface area (Å²) in [4.78, 5) is 4.80. The summed E-state index contributed by atoms with van der Waals surface area (Å²) >= 11 is 2.35. The third kappa shape index (κ3) is 2.64. The fourth-order valence-electron chi connectivity index (χ4n) is 2.05. The summed E-state index contributed by atoms with van der Waals surface area (Å²) in [7, 11) is 4.34. The van der Waals surface area contributed by atoms with Crippen LogP contribution in [0.3, 0.4) is 0 Å². The molecule has 2 rings (SSSR count). The molecule has 1 fully saturated rings. The van der Waals surface area contributed by atoms with E-state index in [0.717, 1.165) is 6.54 Å². The van der Waals surface area contributed by atoms with Crippen molar-refractivity contribution in [2.24, 2.45) is 0 Å². The van der Waals surface area contributed by atoms with Crippen LogP contribution in [0.1, 0.15) is 6.42 Å². The summed E-state index contributed by atoms with van der Waals surface area (Å²) in [5, 5.41) is 0. The van der Waals surface area contributed by atoms with Gasteiger partial charge in [-0.05, 0) is 67.4 Å². The number of rotatable bonds is 2. The standard InChI is InChI=1S/C12H17IN2/c1-14(2)12-7-8-15(9-12)11-5-3-10(13)4-6-11/h3-6,12H,7-9H2,1-2H3/t12-/m0/s1. The van der Waals surface area contributed by atoms with E-state index < -0.39 is 0 Å². The van der Waals surface area contributed by atoms with Gasteiger partial charge in [-0.3, -0.25) is 0 Å². The first-order chi connectivity index (χ1) is 7.16. The van der Waals surface area contributed by atoms with E-state index in [1.807, 2.05) is 0 Å². The molecule has 0 unspecified atom stereocenters. The van der Waals surface area contributed by atoms with E-state index in [1.165, 1.54) is 22.2 Å². The predicted molar refractivity (Wildman–Crippen MR) is 73.5 cm³/mol. The van der Waals surface area contributed by atoms with E-state index >= 15 is 0 Å². The van der Waals surface area contributed by atoms with Gasteiger partial charge in [0.1, 0.15) is 0 Å². The minimum atomic E-state index is 0.712. The summed E-state index contributed by atoms with van der Waals surface area (Å²) < 4.78 is 1.31. The molecule has 82 valence electrons. The predicted octanol–water partition coefficient (Wildman–Crippen LogP) is 2.43. The van der Waals surface area contributed by atoms with Crippen molar-refractivity contribution < 1.29 is 0 Å². The lowest BCUT2D eigenvalue weighted by Gasteiger charge is -2.21. The van der Waals surface area contributed by atoms with Gasteiger partial charge in [-0.1, -0.05) is 0 Å². The molecule has 2 nitrogen and oxygen atoms in total. The highest BCUT2D eigenvalue weighted by atomic mass is 127. The van der Waals surface area contributed by atoms with Crippen molar-refractivity contribution in [3.8, 4) is 0 Å². The lowest BCUT2D eigenvalue weighted by Crippen LogP contribution is -2.31. The molecule has 0 aliphatic carbocycles. The number of likely N-dealkylation sites (N-methyl/N-ethyl adjacent to an activating group) is 1. The van der Waals surface area contributed by atoms with E-state index in [-0.39, 0.29) is 0 Å². The lowest BCUT2D eigenvalue weighted by molar-refractivity contribution is 0.315. The summed E-state index contributed by atoms with van der Waals surface area (Å²) in [5.41, 5.74) is 1.36. The largest absolute Gasteiger partial charge is 0.370 e. The van der Waals surface area contributed by atoms with Crippen LogP contribution in [0.15, 0.2) is 24.3 Å². The topological polar surface area (TPSA) is 6.48 Å². The fourth-order valence-corrected chi connectivity index (χ4v) is 2.41. The van der Waals surface area contributed by atoms with Crippen LogP contribution < -0.4 is 4.90 Å². The molecule has 0 amide bonds. The summed E-state index contributed by atoms with van der Waals surface area (Å²) in [5.74, 6) is 0.